The topological polar surface area (TPSA) is 77.8 Å². The van der Waals surface area contributed by atoms with E-state index >= 15 is 0 Å². The monoisotopic (exact) mass is 367 g/mol. The second-order valence-corrected chi connectivity index (χ2v) is 6.81. The molecule has 4 aromatic rings. The molecule has 0 aliphatic carbocycles. The summed E-state index contributed by atoms with van der Waals surface area (Å²) in [7, 11) is 0. The summed E-state index contributed by atoms with van der Waals surface area (Å²) >= 11 is 0. The first-order valence-corrected chi connectivity index (χ1v) is 9.09. The van der Waals surface area contributed by atoms with Crippen molar-refractivity contribution in [1.29, 1.82) is 0 Å². The van der Waals surface area contributed by atoms with Crippen LogP contribution >= 0.6 is 0 Å². The molecule has 0 fully saturated rings. The van der Waals surface area contributed by atoms with Gasteiger partial charge in [-0.25, -0.2) is 4.79 Å². The normalized spacial score (nSPS) is 15.6. The fraction of sp³-hybridized carbons (Fsp3) is 0.0435. The van der Waals surface area contributed by atoms with Crippen molar-refractivity contribution in [1.82, 2.24) is 9.97 Å². The maximum Gasteiger partial charge on any atom is 0.327 e. The summed E-state index contributed by atoms with van der Waals surface area (Å²) in [5, 5.41) is 5.42. The maximum atomic E-state index is 12.7. The summed E-state index contributed by atoms with van der Waals surface area (Å²) in [6.07, 6.45) is 2.05. The zero-order valence-electron chi connectivity index (χ0n) is 14.9. The van der Waals surface area contributed by atoms with Gasteiger partial charge in [-0.05, 0) is 28.0 Å². The maximum absolute atomic E-state index is 12.7. The van der Waals surface area contributed by atoms with Gasteiger partial charge in [-0.3, -0.25) is 14.8 Å². The van der Waals surface area contributed by atoms with Crippen LogP contribution in [0, 0.1) is 0 Å². The van der Waals surface area contributed by atoms with Crippen LogP contribution in [0.4, 0.5) is 5.82 Å². The number of rotatable bonds is 2. The van der Waals surface area contributed by atoms with Crippen molar-refractivity contribution in [2.24, 2.45) is 0 Å². The largest absolute Gasteiger partial charge is 0.341 e. The van der Waals surface area contributed by atoms with E-state index in [4.69, 9.17) is 0 Å². The highest BCUT2D eigenvalue weighted by molar-refractivity contribution is 5.89. The molecule has 1 unspecified atom stereocenters. The quantitative estimate of drug-likeness (QED) is 0.504. The second-order valence-electron chi connectivity index (χ2n) is 6.81. The van der Waals surface area contributed by atoms with Gasteiger partial charge in [0.2, 0.25) is 0 Å². The lowest BCUT2D eigenvalue weighted by molar-refractivity contribution is 0.920. The van der Waals surface area contributed by atoms with Crippen molar-refractivity contribution in [2.75, 3.05) is 5.32 Å². The van der Waals surface area contributed by atoms with Gasteiger partial charge in [-0.2, -0.15) is 0 Å². The third-order valence-corrected chi connectivity index (χ3v) is 5.13. The van der Waals surface area contributed by atoms with E-state index in [1.807, 2.05) is 60.7 Å². The first-order chi connectivity index (χ1) is 13.7. The Morgan fingerprint density at radius 1 is 0.750 bits per heavy atom. The molecule has 5 heteroatoms. The second kappa shape index (κ2) is 6.39. The minimum absolute atomic E-state index is 0.293. The Bertz CT molecular complexity index is 1330. The number of hydrogen-bond donors (Lipinski definition) is 3. The van der Waals surface area contributed by atoms with E-state index in [0.717, 1.165) is 27.6 Å². The molecular weight excluding hydrogens is 350 g/mol. The minimum atomic E-state index is -0.526. The van der Waals surface area contributed by atoms with E-state index in [9.17, 15) is 9.59 Å². The molecule has 1 aliphatic rings. The molecule has 0 bridgehead atoms. The van der Waals surface area contributed by atoms with Crippen LogP contribution in [0.1, 0.15) is 22.6 Å². The number of benzene rings is 3. The molecule has 0 saturated carbocycles. The minimum Gasteiger partial charge on any atom is -0.341 e. The Hall–Kier alpha value is -3.86. The SMILES string of the molecule is O=c1[nH]c2c(c(=O)[nH]1)C(c1cccc3ccccc13)C=C(c1ccccc1)N2. The van der Waals surface area contributed by atoms with Crippen molar-refractivity contribution in [3.8, 4) is 0 Å². The molecule has 5 rings (SSSR count). The number of allylic oxidation sites excluding steroid dienone is 1. The van der Waals surface area contributed by atoms with Gasteiger partial charge in [0.05, 0.1) is 5.56 Å². The Balaban J connectivity index is 1.80. The molecule has 1 atom stereocenters. The molecule has 0 spiro atoms. The third kappa shape index (κ3) is 2.65. The zero-order chi connectivity index (χ0) is 19.1. The summed E-state index contributed by atoms with van der Waals surface area (Å²) in [6, 6.07) is 24.1. The number of hydrogen-bond acceptors (Lipinski definition) is 3. The summed E-state index contributed by atoms with van der Waals surface area (Å²) in [5.74, 6) is 0.145. The van der Waals surface area contributed by atoms with E-state index in [1.165, 1.54) is 0 Å². The van der Waals surface area contributed by atoms with Crippen molar-refractivity contribution in [3.63, 3.8) is 0 Å². The molecule has 28 heavy (non-hydrogen) atoms. The van der Waals surface area contributed by atoms with Gasteiger partial charge >= 0.3 is 5.69 Å². The van der Waals surface area contributed by atoms with Crippen LogP contribution in [0.15, 0.2) is 88.5 Å². The molecule has 3 N–H and O–H groups in total. The molecule has 1 aromatic heterocycles. The van der Waals surface area contributed by atoms with Crippen LogP contribution in [-0.4, -0.2) is 9.97 Å². The summed E-state index contributed by atoms with van der Waals surface area (Å²) < 4.78 is 0. The fourth-order valence-corrected chi connectivity index (χ4v) is 3.87. The standard InChI is InChI=1S/C23H17N3O2/c27-22-20-18(17-12-6-10-14-7-4-5-11-16(14)17)13-19(15-8-2-1-3-9-15)24-21(20)25-23(28)26-22/h1-13,18H,(H3,24,25,26,27,28). The Morgan fingerprint density at radius 2 is 1.50 bits per heavy atom. The summed E-state index contributed by atoms with van der Waals surface area (Å²) in [5.41, 5.74) is 2.46. The Morgan fingerprint density at radius 3 is 2.36 bits per heavy atom. The van der Waals surface area contributed by atoms with E-state index in [2.05, 4.69) is 33.5 Å². The van der Waals surface area contributed by atoms with Crippen LogP contribution in [0.2, 0.25) is 0 Å². The average Bonchev–Trinajstić information content (AvgIpc) is 2.73. The van der Waals surface area contributed by atoms with Crippen LogP contribution in [0.5, 0.6) is 0 Å². The summed E-state index contributed by atoms with van der Waals surface area (Å²) in [6.45, 7) is 0. The number of aromatic amines is 2. The molecule has 5 nitrogen and oxygen atoms in total. The number of H-pyrrole nitrogens is 2. The highest BCUT2D eigenvalue weighted by Crippen LogP contribution is 2.38. The van der Waals surface area contributed by atoms with Crippen molar-refractivity contribution >= 4 is 22.3 Å². The fourth-order valence-electron chi connectivity index (χ4n) is 3.87. The Labute approximate surface area is 160 Å². The number of anilines is 1. The third-order valence-electron chi connectivity index (χ3n) is 5.13. The number of fused-ring (bicyclic) bond motifs is 2. The molecule has 0 saturated heterocycles. The lowest BCUT2D eigenvalue weighted by Crippen LogP contribution is -2.31. The molecule has 136 valence electrons. The average molecular weight is 367 g/mol. The van der Waals surface area contributed by atoms with Gasteiger partial charge < -0.3 is 5.32 Å². The first-order valence-electron chi connectivity index (χ1n) is 9.09. The van der Waals surface area contributed by atoms with Crippen LogP contribution in [0.3, 0.4) is 0 Å². The van der Waals surface area contributed by atoms with Crippen LogP contribution < -0.4 is 16.6 Å². The molecular formula is C23H17N3O2. The lowest BCUT2D eigenvalue weighted by Gasteiger charge is -2.26. The Kier molecular flexibility index (Phi) is 3.72. The van der Waals surface area contributed by atoms with Gasteiger partial charge in [0.1, 0.15) is 5.82 Å². The van der Waals surface area contributed by atoms with Gasteiger partial charge in [0.25, 0.3) is 5.56 Å². The first kappa shape index (κ1) is 16.3. The summed E-state index contributed by atoms with van der Waals surface area (Å²) in [4.78, 5) is 29.7. The van der Waals surface area contributed by atoms with Crippen LogP contribution in [-0.2, 0) is 0 Å². The van der Waals surface area contributed by atoms with Crippen molar-refractivity contribution < 1.29 is 0 Å². The number of aromatic nitrogens is 2. The zero-order valence-corrected chi connectivity index (χ0v) is 14.9. The highest BCUT2D eigenvalue weighted by Gasteiger charge is 2.27. The van der Waals surface area contributed by atoms with E-state index in [0.29, 0.717) is 11.4 Å². The lowest BCUT2D eigenvalue weighted by atomic mass is 9.85. The van der Waals surface area contributed by atoms with Crippen LogP contribution in [0.25, 0.3) is 16.5 Å². The molecule has 0 amide bonds. The van der Waals surface area contributed by atoms with Gasteiger partial charge in [-0.15, -0.1) is 0 Å². The van der Waals surface area contributed by atoms with Gasteiger partial charge in [-0.1, -0.05) is 72.8 Å². The predicted octanol–water partition coefficient (Wildman–Crippen LogP) is 3.81. The molecule has 0 radical (unpaired) electrons. The molecule has 3 aromatic carbocycles. The molecule has 2 heterocycles. The van der Waals surface area contributed by atoms with E-state index in [1.54, 1.807) is 0 Å². The van der Waals surface area contributed by atoms with Gasteiger partial charge in [0.15, 0.2) is 0 Å². The van der Waals surface area contributed by atoms with Gasteiger partial charge in [0, 0.05) is 11.6 Å². The smallest absolute Gasteiger partial charge is 0.327 e. The van der Waals surface area contributed by atoms with Crippen molar-refractivity contribution in [2.45, 2.75) is 5.92 Å². The number of nitrogens with one attached hydrogen (secondary N) is 3. The van der Waals surface area contributed by atoms with Crippen molar-refractivity contribution in [3.05, 3.63) is 116 Å². The predicted molar refractivity (Wildman–Crippen MR) is 112 cm³/mol. The molecule has 1 aliphatic heterocycles. The van der Waals surface area contributed by atoms with E-state index < -0.39 is 5.69 Å². The highest BCUT2D eigenvalue weighted by atomic mass is 16.2. The van der Waals surface area contributed by atoms with E-state index in [-0.39, 0.29) is 11.5 Å².